The van der Waals surface area contributed by atoms with E-state index in [4.69, 9.17) is 9.47 Å². The van der Waals surface area contributed by atoms with E-state index in [-0.39, 0.29) is 17.0 Å². The lowest BCUT2D eigenvalue weighted by Crippen LogP contribution is -2.27. The topological polar surface area (TPSA) is 18.5 Å². The van der Waals surface area contributed by atoms with Crippen molar-refractivity contribution in [2.45, 2.75) is 25.8 Å². The smallest absolute Gasteiger partial charge is 0.183 e. The van der Waals surface area contributed by atoms with Crippen LogP contribution in [-0.2, 0) is 16.1 Å². The zero-order valence-corrected chi connectivity index (χ0v) is 14.7. The van der Waals surface area contributed by atoms with Crippen molar-refractivity contribution < 1.29 is 27.0 Å². The molecule has 0 unspecified atom stereocenters. The summed E-state index contributed by atoms with van der Waals surface area (Å²) in [5, 5.41) is 0. The van der Waals surface area contributed by atoms with Gasteiger partial charge < -0.3 is 9.47 Å². The predicted molar refractivity (Wildman–Crippen MR) is 94.1 cm³/mol. The molecule has 3 rings (SSSR count). The third-order valence-electron chi connectivity index (χ3n) is 4.60. The standard InChI is InChI=1S/C21H20F4O2/c1-2-3-4-13-11-26-21(27-12-13)14-5-6-16(18(23)7-14)15-8-19(24)17(10-22)20(25)9-15/h2,5-9,13,21H,1,3-4,10-12H2. The summed E-state index contributed by atoms with van der Waals surface area (Å²) in [5.74, 6) is -2.48. The number of halogens is 4. The highest BCUT2D eigenvalue weighted by molar-refractivity contribution is 5.65. The van der Waals surface area contributed by atoms with Crippen LogP contribution in [0.4, 0.5) is 17.6 Å². The predicted octanol–water partition coefficient (Wildman–Crippen LogP) is 5.87. The highest BCUT2D eigenvalue weighted by Crippen LogP contribution is 2.32. The second-order valence-corrected chi connectivity index (χ2v) is 6.52. The van der Waals surface area contributed by atoms with E-state index in [9.17, 15) is 17.6 Å². The molecule has 0 atom stereocenters. The summed E-state index contributed by atoms with van der Waals surface area (Å²) in [6.45, 7) is 3.43. The number of allylic oxidation sites excluding steroid dienone is 1. The Labute approximate surface area is 155 Å². The van der Waals surface area contributed by atoms with Gasteiger partial charge >= 0.3 is 0 Å². The lowest BCUT2D eigenvalue weighted by molar-refractivity contribution is -0.205. The summed E-state index contributed by atoms with van der Waals surface area (Å²) >= 11 is 0. The van der Waals surface area contributed by atoms with Gasteiger partial charge in [-0.05, 0) is 36.6 Å². The zero-order chi connectivity index (χ0) is 19.4. The molecular weight excluding hydrogens is 360 g/mol. The Balaban J connectivity index is 1.76. The van der Waals surface area contributed by atoms with Gasteiger partial charge in [-0.1, -0.05) is 18.2 Å². The summed E-state index contributed by atoms with van der Waals surface area (Å²) in [7, 11) is 0. The first kappa shape index (κ1) is 19.6. The van der Waals surface area contributed by atoms with E-state index in [1.807, 2.05) is 6.08 Å². The van der Waals surface area contributed by atoms with Crippen LogP contribution in [-0.4, -0.2) is 13.2 Å². The summed E-state index contributed by atoms with van der Waals surface area (Å²) in [4.78, 5) is 0. The van der Waals surface area contributed by atoms with E-state index in [1.165, 1.54) is 12.1 Å². The summed E-state index contributed by atoms with van der Waals surface area (Å²) in [6.07, 6.45) is 2.94. The van der Waals surface area contributed by atoms with E-state index >= 15 is 0 Å². The van der Waals surface area contributed by atoms with Crippen LogP contribution in [0.2, 0.25) is 0 Å². The molecule has 27 heavy (non-hydrogen) atoms. The van der Waals surface area contributed by atoms with Crippen molar-refractivity contribution in [3.05, 3.63) is 71.6 Å². The Hall–Kier alpha value is -2.18. The number of alkyl halides is 1. The van der Waals surface area contributed by atoms with Gasteiger partial charge in [-0.3, -0.25) is 0 Å². The van der Waals surface area contributed by atoms with Crippen molar-refractivity contribution >= 4 is 0 Å². The minimum Gasteiger partial charge on any atom is -0.348 e. The Morgan fingerprint density at radius 2 is 1.67 bits per heavy atom. The van der Waals surface area contributed by atoms with Crippen LogP contribution in [0.15, 0.2) is 43.0 Å². The van der Waals surface area contributed by atoms with Gasteiger partial charge in [-0.2, -0.15) is 0 Å². The molecule has 0 aliphatic carbocycles. The van der Waals surface area contributed by atoms with Crippen molar-refractivity contribution in [1.82, 2.24) is 0 Å². The van der Waals surface area contributed by atoms with Crippen LogP contribution in [0.1, 0.15) is 30.3 Å². The van der Waals surface area contributed by atoms with Crippen LogP contribution in [0.5, 0.6) is 0 Å². The van der Waals surface area contributed by atoms with Crippen molar-refractivity contribution in [3.63, 3.8) is 0 Å². The van der Waals surface area contributed by atoms with Gasteiger partial charge in [0, 0.05) is 17.0 Å². The van der Waals surface area contributed by atoms with E-state index in [0.717, 1.165) is 25.0 Å². The molecular formula is C21H20F4O2. The largest absolute Gasteiger partial charge is 0.348 e. The monoisotopic (exact) mass is 380 g/mol. The van der Waals surface area contributed by atoms with Crippen molar-refractivity contribution in [3.8, 4) is 11.1 Å². The van der Waals surface area contributed by atoms with Gasteiger partial charge in [0.05, 0.1) is 18.8 Å². The Morgan fingerprint density at radius 3 is 2.22 bits per heavy atom. The van der Waals surface area contributed by atoms with E-state index < -0.39 is 36.0 Å². The molecule has 0 saturated carbocycles. The van der Waals surface area contributed by atoms with Crippen LogP contribution in [0.3, 0.4) is 0 Å². The number of ether oxygens (including phenoxy) is 2. The molecule has 1 heterocycles. The van der Waals surface area contributed by atoms with Gasteiger partial charge in [0.15, 0.2) is 6.29 Å². The highest BCUT2D eigenvalue weighted by atomic mass is 19.1. The minimum absolute atomic E-state index is 0.00113. The van der Waals surface area contributed by atoms with Gasteiger partial charge in [0.1, 0.15) is 24.1 Å². The second kappa shape index (κ2) is 8.67. The van der Waals surface area contributed by atoms with Crippen LogP contribution >= 0.6 is 0 Å². The van der Waals surface area contributed by atoms with E-state index in [0.29, 0.717) is 18.8 Å². The molecule has 0 radical (unpaired) electrons. The maximum absolute atomic E-state index is 14.5. The molecule has 0 aromatic heterocycles. The van der Waals surface area contributed by atoms with Gasteiger partial charge in [-0.25, -0.2) is 17.6 Å². The first-order valence-electron chi connectivity index (χ1n) is 8.71. The molecule has 1 fully saturated rings. The highest BCUT2D eigenvalue weighted by Gasteiger charge is 2.24. The van der Waals surface area contributed by atoms with E-state index in [2.05, 4.69) is 6.58 Å². The molecule has 2 aromatic rings. The summed E-state index contributed by atoms with van der Waals surface area (Å²) in [6, 6.07) is 6.07. The fourth-order valence-corrected chi connectivity index (χ4v) is 3.05. The summed E-state index contributed by atoms with van der Waals surface area (Å²) in [5.41, 5.74) is -0.159. The first-order valence-corrected chi connectivity index (χ1v) is 8.71. The molecule has 0 amide bonds. The molecule has 6 heteroatoms. The van der Waals surface area contributed by atoms with Crippen LogP contribution < -0.4 is 0 Å². The Morgan fingerprint density at radius 1 is 1.00 bits per heavy atom. The lowest BCUT2D eigenvalue weighted by atomic mass is 10.0. The third-order valence-corrected chi connectivity index (χ3v) is 4.60. The second-order valence-electron chi connectivity index (χ2n) is 6.52. The molecule has 144 valence electrons. The summed E-state index contributed by atoms with van der Waals surface area (Å²) < 4.78 is 66.0. The van der Waals surface area contributed by atoms with Crippen LogP contribution in [0.25, 0.3) is 11.1 Å². The average Bonchev–Trinajstić information content (AvgIpc) is 2.66. The SMILES string of the molecule is C=CCCC1COC(c2ccc(-c3cc(F)c(CF)c(F)c3)c(F)c2)OC1. The normalized spacial score (nSPS) is 19.9. The van der Waals surface area contributed by atoms with E-state index in [1.54, 1.807) is 6.07 Å². The molecule has 0 N–H and O–H groups in total. The maximum atomic E-state index is 14.5. The molecule has 1 aliphatic heterocycles. The van der Waals surface area contributed by atoms with Crippen molar-refractivity contribution in [1.29, 1.82) is 0 Å². The Bertz CT molecular complexity index is 791. The van der Waals surface area contributed by atoms with Gasteiger partial charge in [0.2, 0.25) is 0 Å². The molecule has 0 bridgehead atoms. The zero-order valence-electron chi connectivity index (χ0n) is 14.7. The number of rotatable bonds is 6. The van der Waals surface area contributed by atoms with Gasteiger partial charge in [-0.15, -0.1) is 6.58 Å². The molecule has 0 spiro atoms. The first-order chi connectivity index (χ1) is 13.0. The molecule has 2 aromatic carbocycles. The quantitative estimate of drug-likeness (QED) is 0.461. The molecule has 1 saturated heterocycles. The third kappa shape index (κ3) is 4.39. The van der Waals surface area contributed by atoms with Crippen molar-refractivity contribution in [2.24, 2.45) is 5.92 Å². The van der Waals surface area contributed by atoms with Crippen molar-refractivity contribution in [2.75, 3.05) is 13.2 Å². The average molecular weight is 380 g/mol. The minimum atomic E-state index is -1.26. The maximum Gasteiger partial charge on any atom is 0.183 e. The molecule has 1 aliphatic rings. The van der Waals surface area contributed by atoms with Gasteiger partial charge in [0.25, 0.3) is 0 Å². The fourth-order valence-electron chi connectivity index (χ4n) is 3.05. The molecule has 2 nitrogen and oxygen atoms in total. The Kier molecular flexibility index (Phi) is 6.29. The number of hydrogen-bond acceptors (Lipinski definition) is 2. The van der Waals surface area contributed by atoms with Crippen LogP contribution in [0, 0.1) is 23.4 Å². The lowest BCUT2D eigenvalue weighted by Gasteiger charge is -2.29. The number of benzene rings is 2. The number of hydrogen-bond donors (Lipinski definition) is 0. The fraction of sp³-hybridized carbons (Fsp3) is 0.333.